The van der Waals surface area contributed by atoms with Crippen molar-refractivity contribution in [2.24, 2.45) is 5.92 Å². The molecule has 4 heteroatoms. The van der Waals surface area contributed by atoms with Crippen LogP contribution >= 0.6 is 0 Å². The number of carbonyl (C=O) groups excluding carboxylic acids is 2. The van der Waals surface area contributed by atoms with E-state index < -0.39 is 0 Å². The molecule has 2 amide bonds. The number of nitrogens with zero attached hydrogens (tertiary/aromatic N) is 1. The van der Waals surface area contributed by atoms with Crippen LogP contribution in [0.5, 0.6) is 0 Å². The Labute approximate surface area is 129 Å². The molecule has 1 saturated heterocycles. The van der Waals surface area contributed by atoms with Crippen LogP contribution in [0.4, 0.5) is 11.4 Å². The first-order chi connectivity index (χ1) is 10.6. The third-order valence-electron chi connectivity index (χ3n) is 3.94. The lowest BCUT2D eigenvalue weighted by Crippen LogP contribution is -2.28. The van der Waals surface area contributed by atoms with Gasteiger partial charge in [0.15, 0.2) is 0 Å². The molecule has 0 aliphatic carbocycles. The van der Waals surface area contributed by atoms with Crippen molar-refractivity contribution in [3.05, 3.63) is 60.2 Å². The summed E-state index contributed by atoms with van der Waals surface area (Å²) in [7, 11) is 0. The van der Waals surface area contributed by atoms with Gasteiger partial charge in [0.05, 0.1) is 5.92 Å². The SMILES string of the molecule is Cc1ccccc1N1CC(C(=O)Nc2ccccc2)CC1=O. The van der Waals surface area contributed by atoms with Crippen LogP contribution in [-0.2, 0) is 9.59 Å². The molecular formula is C18H18N2O2. The number of rotatable bonds is 3. The zero-order valence-electron chi connectivity index (χ0n) is 12.5. The molecule has 1 heterocycles. The molecule has 3 rings (SSSR count). The fourth-order valence-corrected chi connectivity index (χ4v) is 2.75. The molecule has 4 nitrogen and oxygen atoms in total. The van der Waals surface area contributed by atoms with Gasteiger partial charge in [0.25, 0.3) is 0 Å². The number of hydrogen-bond donors (Lipinski definition) is 1. The molecular weight excluding hydrogens is 276 g/mol. The van der Waals surface area contributed by atoms with E-state index in [1.54, 1.807) is 4.90 Å². The van der Waals surface area contributed by atoms with Crippen molar-refractivity contribution in [2.45, 2.75) is 13.3 Å². The topological polar surface area (TPSA) is 49.4 Å². The Hall–Kier alpha value is -2.62. The summed E-state index contributed by atoms with van der Waals surface area (Å²) in [6, 6.07) is 17.1. The number of hydrogen-bond acceptors (Lipinski definition) is 2. The summed E-state index contributed by atoms with van der Waals surface area (Å²) >= 11 is 0. The van der Waals surface area contributed by atoms with Gasteiger partial charge in [-0.15, -0.1) is 0 Å². The van der Waals surface area contributed by atoms with Crippen LogP contribution in [0.3, 0.4) is 0 Å². The van der Waals surface area contributed by atoms with Crippen LogP contribution in [0.1, 0.15) is 12.0 Å². The predicted octanol–water partition coefficient (Wildman–Crippen LogP) is 2.99. The minimum Gasteiger partial charge on any atom is -0.326 e. The van der Waals surface area contributed by atoms with Gasteiger partial charge >= 0.3 is 0 Å². The Bertz CT molecular complexity index is 697. The average Bonchev–Trinajstić information content (AvgIpc) is 2.91. The van der Waals surface area contributed by atoms with Crippen molar-refractivity contribution in [2.75, 3.05) is 16.8 Å². The van der Waals surface area contributed by atoms with Crippen molar-refractivity contribution in [3.8, 4) is 0 Å². The van der Waals surface area contributed by atoms with Crippen LogP contribution in [0.25, 0.3) is 0 Å². The lowest BCUT2D eigenvalue weighted by molar-refractivity contribution is -0.122. The highest BCUT2D eigenvalue weighted by Crippen LogP contribution is 2.28. The zero-order valence-corrected chi connectivity index (χ0v) is 12.5. The normalized spacial score (nSPS) is 17.6. The molecule has 112 valence electrons. The molecule has 2 aromatic carbocycles. The first-order valence-electron chi connectivity index (χ1n) is 7.37. The van der Waals surface area contributed by atoms with Gasteiger partial charge in [0.1, 0.15) is 0 Å². The van der Waals surface area contributed by atoms with Crippen molar-refractivity contribution < 1.29 is 9.59 Å². The monoisotopic (exact) mass is 294 g/mol. The van der Waals surface area contributed by atoms with Crippen molar-refractivity contribution >= 4 is 23.2 Å². The highest BCUT2D eigenvalue weighted by atomic mass is 16.2. The summed E-state index contributed by atoms with van der Waals surface area (Å²) in [6.45, 7) is 2.41. The molecule has 1 atom stereocenters. The molecule has 0 spiro atoms. The molecule has 0 bridgehead atoms. The van der Waals surface area contributed by atoms with Gasteiger partial charge in [-0.1, -0.05) is 36.4 Å². The number of benzene rings is 2. The van der Waals surface area contributed by atoms with E-state index in [0.29, 0.717) is 6.54 Å². The number of para-hydroxylation sites is 2. The lowest BCUT2D eigenvalue weighted by atomic mass is 10.1. The summed E-state index contributed by atoms with van der Waals surface area (Å²) in [4.78, 5) is 26.3. The van der Waals surface area contributed by atoms with Gasteiger partial charge in [-0.25, -0.2) is 0 Å². The van der Waals surface area contributed by atoms with E-state index in [0.717, 1.165) is 16.9 Å². The molecule has 0 saturated carbocycles. The second kappa shape index (κ2) is 6.02. The highest BCUT2D eigenvalue weighted by Gasteiger charge is 2.35. The average molecular weight is 294 g/mol. The largest absolute Gasteiger partial charge is 0.326 e. The number of carbonyl (C=O) groups is 2. The Morgan fingerprint density at radius 2 is 1.77 bits per heavy atom. The molecule has 1 aliphatic rings. The fourth-order valence-electron chi connectivity index (χ4n) is 2.75. The summed E-state index contributed by atoms with van der Waals surface area (Å²) < 4.78 is 0. The quantitative estimate of drug-likeness (QED) is 0.946. The molecule has 2 aromatic rings. The zero-order chi connectivity index (χ0) is 15.5. The van der Waals surface area contributed by atoms with Gasteiger partial charge in [0, 0.05) is 24.3 Å². The van der Waals surface area contributed by atoms with Gasteiger partial charge < -0.3 is 10.2 Å². The lowest BCUT2D eigenvalue weighted by Gasteiger charge is -2.18. The van der Waals surface area contributed by atoms with Gasteiger partial charge in [-0.2, -0.15) is 0 Å². The number of anilines is 2. The minimum atomic E-state index is -0.313. The molecule has 1 N–H and O–H groups in total. The summed E-state index contributed by atoms with van der Waals surface area (Å²) in [5.74, 6) is -0.412. The number of nitrogens with one attached hydrogen (secondary N) is 1. The highest BCUT2D eigenvalue weighted by molar-refractivity contribution is 6.03. The molecule has 1 unspecified atom stereocenters. The maximum atomic E-state index is 12.3. The maximum absolute atomic E-state index is 12.3. The van der Waals surface area contributed by atoms with Crippen molar-refractivity contribution in [1.82, 2.24) is 0 Å². The third-order valence-corrected chi connectivity index (χ3v) is 3.94. The van der Waals surface area contributed by atoms with E-state index in [1.165, 1.54) is 0 Å². The standard InChI is InChI=1S/C18H18N2O2/c1-13-7-5-6-10-16(13)20-12-14(11-17(20)21)18(22)19-15-8-3-2-4-9-15/h2-10,14H,11-12H2,1H3,(H,19,22). The van der Waals surface area contributed by atoms with E-state index >= 15 is 0 Å². The second-order valence-corrected chi connectivity index (χ2v) is 5.55. The van der Waals surface area contributed by atoms with Gasteiger partial charge in [-0.3, -0.25) is 9.59 Å². The maximum Gasteiger partial charge on any atom is 0.229 e. The van der Waals surface area contributed by atoms with E-state index in [2.05, 4.69) is 5.32 Å². The summed E-state index contributed by atoms with van der Waals surface area (Å²) in [5, 5.41) is 2.87. The van der Waals surface area contributed by atoms with Crippen molar-refractivity contribution in [3.63, 3.8) is 0 Å². The van der Waals surface area contributed by atoms with Gasteiger partial charge in [0.2, 0.25) is 11.8 Å². The Morgan fingerprint density at radius 1 is 1.09 bits per heavy atom. The third kappa shape index (κ3) is 2.86. The van der Waals surface area contributed by atoms with E-state index in [9.17, 15) is 9.59 Å². The molecule has 0 radical (unpaired) electrons. The Kier molecular flexibility index (Phi) is 3.92. The van der Waals surface area contributed by atoms with Crippen LogP contribution in [-0.4, -0.2) is 18.4 Å². The fraction of sp³-hybridized carbons (Fsp3) is 0.222. The predicted molar refractivity (Wildman–Crippen MR) is 86.7 cm³/mol. The number of amides is 2. The second-order valence-electron chi connectivity index (χ2n) is 5.55. The molecule has 1 aliphatic heterocycles. The first-order valence-corrected chi connectivity index (χ1v) is 7.37. The Balaban J connectivity index is 1.72. The van der Waals surface area contributed by atoms with Crippen molar-refractivity contribution in [1.29, 1.82) is 0 Å². The first kappa shape index (κ1) is 14.3. The van der Waals surface area contributed by atoms with Crippen LogP contribution in [0.2, 0.25) is 0 Å². The van der Waals surface area contributed by atoms with E-state index in [4.69, 9.17) is 0 Å². The smallest absolute Gasteiger partial charge is 0.229 e. The van der Waals surface area contributed by atoms with E-state index in [-0.39, 0.29) is 24.2 Å². The molecule has 1 fully saturated rings. The summed E-state index contributed by atoms with van der Waals surface area (Å²) in [5.41, 5.74) is 2.69. The molecule has 22 heavy (non-hydrogen) atoms. The van der Waals surface area contributed by atoms with Crippen LogP contribution < -0.4 is 10.2 Å². The molecule has 0 aromatic heterocycles. The van der Waals surface area contributed by atoms with E-state index in [1.807, 2.05) is 61.5 Å². The van der Waals surface area contributed by atoms with Crippen LogP contribution in [0, 0.1) is 12.8 Å². The summed E-state index contributed by atoms with van der Waals surface area (Å²) in [6.07, 6.45) is 0.257. The minimum absolute atomic E-state index is 0.00233. The number of aryl methyl sites for hydroxylation is 1. The van der Waals surface area contributed by atoms with Gasteiger partial charge in [-0.05, 0) is 30.7 Å². The van der Waals surface area contributed by atoms with Crippen LogP contribution in [0.15, 0.2) is 54.6 Å². The Morgan fingerprint density at radius 3 is 2.50 bits per heavy atom.